The number of carbonyl (C=O) groups excluding carboxylic acids is 2. The van der Waals surface area contributed by atoms with Crippen LogP contribution >= 0.6 is 11.6 Å². The molecule has 0 aliphatic rings. The molecular formula is C19H20ClNO5S. The zero-order chi connectivity index (χ0) is 20.0. The summed E-state index contributed by atoms with van der Waals surface area (Å²) >= 11 is 5.93. The summed E-state index contributed by atoms with van der Waals surface area (Å²) in [4.78, 5) is 24.2. The smallest absolute Gasteiger partial charge is 0.339 e. The predicted octanol–water partition coefficient (Wildman–Crippen LogP) is 3.17. The fourth-order valence-corrected chi connectivity index (χ4v) is 3.70. The summed E-state index contributed by atoms with van der Waals surface area (Å²) in [6.45, 7) is 2.74. The number of halogens is 1. The third-order valence-corrected chi connectivity index (χ3v) is 5.90. The van der Waals surface area contributed by atoms with Crippen molar-refractivity contribution in [3.05, 3.63) is 64.7 Å². The standard InChI is InChI=1S/C19H20ClNO5S/c1-3-27(24,25)17-10-5-4-9-16(17)19(23)26-12-18(22)21-13(2)14-7-6-8-15(20)11-14/h4-11,13H,3,12H2,1-2H3,(H,21,22)/t13-/m1/s1. The molecule has 1 amide bonds. The fraction of sp³-hybridized carbons (Fsp3) is 0.263. The molecule has 6 nitrogen and oxygen atoms in total. The Morgan fingerprint density at radius 1 is 1.15 bits per heavy atom. The number of hydrogen-bond donors (Lipinski definition) is 1. The van der Waals surface area contributed by atoms with Crippen molar-refractivity contribution in [1.82, 2.24) is 5.32 Å². The molecule has 2 aromatic carbocycles. The van der Waals surface area contributed by atoms with Crippen molar-refractivity contribution in [1.29, 1.82) is 0 Å². The summed E-state index contributed by atoms with van der Waals surface area (Å²) in [6.07, 6.45) is 0. The minimum absolute atomic E-state index is 0.0879. The lowest BCUT2D eigenvalue weighted by atomic mass is 10.1. The first-order valence-corrected chi connectivity index (χ1v) is 10.3. The van der Waals surface area contributed by atoms with E-state index in [4.69, 9.17) is 16.3 Å². The van der Waals surface area contributed by atoms with Crippen LogP contribution in [0.4, 0.5) is 0 Å². The molecule has 2 aromatic rings. The monoisotopic (exact) mass is 409 g/mol. The van der Waals surface area contributed by atoms with E-state index in [1.807, 2.05) is 6.07 Å². The first kappa shape index (κ1) is 20.9. The Morgan fingerprint density at radius 3 is 2.52 bits per heavy atom. The largest absolute Gasteiger partial charge is 0.452 e. The van der Waals surface area contributed by atoms with E-state index < -0.39 is 28.3 Å². The van der Waals surface area contributed by atoms with Crippen LogP contribution in [0.1, 0.15) is 35.8 Å². The molecule has 0 unspecified atom stereocenters. The summed E-state index contributed by atoms with van der Waals surface area (Å²) in [6, 6.07) is 12.5. The maximum Gasteiger partial charge on any atom is 0.339 e. The van der Waals surface area contributed by atoms with E-state index in [-0.39, 0.29) is 22.3 Å². The van der Waals surface area contributed by atoms with E-state index in [1.54, 1.807) is 25.1 Å². The van der Waals surface area contributed by atoms with Gasteiger partial charge in [0, 0.05) is 5.02 Å². The van der Waals surface area contributed by atoms with Crippen molar-refractivity contribution >= 4 is 33.3 Å². The molecule has 1 atom stereocenters. The molecule has 0 bridgehead atoms. The molecule has 0 aliphatic heterocycles. The van der Waals surface area contributed by atoms with Crippen molar-refractivity contribution in [2.24, 2.45) is 0 Å². The van der Waals surface area contributed by atoms with Crippen LogP contribution in [0.15, 0.2) is 53.4 Å². The van der Waals surface area contributed by atoms with Crippen molar-refractivity contribution in [2.45, 2.75) is 24.8 Å². The van der Waals surface area contributed by atoms with Gasteiger partial charge in [-0.15, -0.1) is 0 Å². The quantitative estimate of drug-likeness (QED) is 0.709. The average molecular weight is 410 g/mol. The van der Waals surface area contributed by atoms with Gasteiger partial charge in [-0.25, -0.2) is 13.2 Å². The van der Waals surface area contributed by atoms with Crippen molar-refractivity contribution in [2.75, 3.05) is 12.4 Å². The fourth-order valence-electron chi connectivity index (χ4n) is 2.41. The summed E-state index contributed by atoms with van der Waals surface area (Å²) in [5, 5.41) is 3.24. The van der Waals surface area contributed by atoms with Gasteiger partial charge in [-0.3, -0.25) is 4.79 Å². The highest BCUT2D eigenvalue weighted by Gasteiger charge is 2.22. The van der Waals surface area contributed by atoms with E-state index in [0.29, 0.717) is 5.02 Å². The van der Waals surface area contributed by atoms with Crippen molar-refractivity contribution < 1.29 is 22.7 Å². The molecule has 1 N–H and O–H groups in total. The second kappa shape index (κ2) is 9.01. The Balaban J connectivity index is 2.01. The van der Waals surface area contributed by atoms with E-state index in [2.05, 4.69) is 5.32 Å². The molecule has 0 radical (unpaired) electrons. The van der Waals surface area contributed by atoms with Gasteiger partial charge in [-0.2, -0.15) is 0 Å². The number of esters is 1. The Labute approximate surface area is 163 Å². The summed E-state index contributed by atoms with van der Waals surface area (Å²) in [5.41, 5.74) is 0.719. The van der Waals surface area contributed by atoms with Crippen LogP contribution in [0.5, 0.6) is 0 Å². The van der Waals surface area contributed by atoms with Crippen LogP contribution in [0, 0.1) is 0 Å². The van der Waals surface area contributed by atoms with Crippen LogP contribution in [0.25, 0.3) is 0 Å². The number of amides is 1. The van der Waals surface area contributed by atoms with Gasteiger partial charge in [-0.05, 0) is 36.8 Å². The molecule has 0 spiro atoms. The zero-order valence-corrected chi connectivity index (χ0v) is 16.5. The average Bonchev–Trinajstić information content (AvgIpc) is 2.66. The highest BCUT2D eigenvalue weighted by molar-refractivity contribution is 7.91. The number of carbonyl (C=O) groups is 2. The third-order valence-electron chi connectivity index (χ3n) is 3.88. The Hall–Kier alpha value is -2.38. The van der Waals surface area contributed by atoms with Gasteiger partial charge >= 0.3 is 5.97 Å². The summed E-state index contributed by atoms with van der Waals surface area (Å²) in [7, 11) is -3.59. The van der Waals surface area contributed by atoms with Crippen LogP contribution in [0.3, 0.4) is 0 Å². The molecule has 0 aromatic heterocycles. The van der Waals surface area contributed by atoms with Gasteiger partial charge in [0.15, 0.2) is 16.4 Å². The minimum Gasteiger partial charge on any atom is -0.452 e. The molecule has 0 saturated heterocycles. The Morgan fingerprint density at radius 2 is 1.85 bits per heavy atom. The summed E-state index contributed by atoms with van der Waals surface area (Å²) in [5.74, 6) is -1.52. The first-order valence-electron chi connectivity index (χ1n) is 8.28. The van der Waals surface area contributed by atoms with Crippen LogP contribution < -0.4 is 5.32 Å². The predicted molar refractivity (Wildman–Crippen MR) is 102 cm³/mol. The van der Waals surface area contributed by atoms with Gasteiger partial charge in [0.05, 0.1) is 22.3 Å². The highest BCUT2D eigenvalue weighted by atomic mass is 35.5. The minimum atomic E-state index is -3.59. The maximum absolute atomic E-state index is 12.2. The number of rotatable bonds is 7. The molecule has 2 rings (SSSR count). The van der Waals surface area contributed by atoms with E-state index in [1.165, 1.54) is 31.2 Å². The number of sulfone groups is 1. The maximum atomic E-state index is 12.2. The van der Waals surface area contributed by atoms with Crippen LogP contribution in [0.2, 0.25) is 5.02 Å². The number of benzene rings is 2. The third kappa shape index (κ3) is 5.55. The Kier molecular flexibility index (Phi) is 6.98. The second-order valence-corrected chi connectivity index (χ2v) is 8.50. The van der Waals surface area contributed by atoms with E-state index in [0.717, 1.165) is 5.56 Å². The SMILES string of the molecule is CCS(=O)(=O)c1ccccc1C(=O)OCC(=O)N[C@H](C)c1cccc(Cl)c1. The molecule has 144 valence electrons. The molecule has 0 heterocycles. The molecule has 0 aliphatic carbocycles. The van der Waals surface area contributed by atoms with Gasteiger partial charge < -0.3 is 10.1 Å². The lowest BCUT2D eigenvalue weighted by Gasteiger charge is -2.15. The molecule has 0 fully saturated rings. The molecule has 27 heavy (non-hydrogen) atoms. The lowest BCUT2D eigenvalue weighted by Crippen LogP contribution is -2.31. The lowest BCUT2D eigenvalue weighted by molar-refractivity contribution is -0.124. The van der Waals surface area contributed by atoms with Gasteiger partial charge in [0.2, 0.25) is 0 Å². The topological polar surface area (TPSA) is 89.5 Å². The summed E-state index contributed by atoms with van der Waals surface area (Å²) < 4.78 is 29.2. The number of ether oxygens (including phenoxy) is 1. The van der Waals surface area contributed by atoms with Gasteiger partial charge in [-0.1, -0.05) is 42.8 Å². The van der Waals surface area contributed by atoms with Crippen LogP contribution in [-0.4, -0.2) is 32.7 Å². The normalized spacial score (nSPS) is 12.3. The second-order valence-electron chi connectivity index (χ2n) is 5.82. The highest BCUT2D eigenvalue weighted by Crippen LogP contribution is 2.19. The van der Waals surface area contributed by atoms with Crippen molar-refractivity contribution in [3.8, 4) is 0 Å². The van der Waals surface area contributed by atoms with Crippen LogP contribution in [-0.2, 0) is 19.4 Å². The van der Waals surface area contributed by atoms with Gasteiger partial charge in [0.25, 0.3) is 5.91 Å². The molecular weight excluding hydrogens is 390 g/mol. The molecule has 0 saturated carbocycles. The molecule has 8 heteroatoms. The Bertz CT molecular complexity index is 943. The van der Waals surface area contributed by atoms with E-state index >= 15 is 0 Å². The van der Waals surface area contributed by atoms with Crippen molar-refractivity contribution in [3.63, 3.8) is 0 Å². The van der Waals surface area contributed by atoms with Gasteiger partial charge in [0.1, 0.15) is 0 Å². The number of nitrogens with one attached hydrogen (secondary N) is 1. The number of hydrogen-bond acceptors (Lipinski definition) is 5. The first-order chi connectivity index (χ1) is 12.7. The van der Waals surface area contributed by atoms with E-state index in [9.17, 15) is 18.0 Å². The zero-order valence-electron chi connectivity index (χ0n) is 14.9.